The van der Waals surface area contributed by atoms with Gasteiger partial charge in [-0.2, -0.15) is 0 Å². The molecule has 0 spiro atoms. The van der Waals surface area contributed by atoms with Crippen LogP contribution in [0.5, 0.6) is 0 Å². The van der Waals surface area contributed by atoms with Crippen molar-refractivity contribution in [3.05, 3.63) is 0 Å². The van der Waals surface area contributed by atoms with Crippen LogP contribution in [0.3, 0.4) is 0 Å². The van der Waals surface area contributed by atoms with Crippen LogP contribution < -0.4 is 5.32 Å². The molecule has 2 fully saturated rings. The number of rotatable bonds is 7. The van der Waals surface area contributed by atoms with Gasteiger partial charge < -0.3 is 15.3 Å². The molecule has 4 nitrogen and oxygen atoms in total. The summed E-state index contributed by atoms with van der Waals surface area (Å²) >= 11 is 0. The van der Waals surface area contributed by atoms with Gasteiger partial charge in [-0.1, -0.05) is 0 Å². The molecular formula is C14H26N2O2. The summed E-state index contributed by atoms with van der Waals surface area (Å²) in [5.74, 6) is 0.995. The van der Waals surface area contributed by atoms with Crippen LogP contribution in [0.4, 0.5) is 0 Å². The number of aliphatic hydroxyl groups is 1. The van der Waals surface area contributed by atoms with Gasteiger partial charge in [0.1, 0.15) is 0 Å². The molecule has 1 aliphatic heterocycles. The van der Waals surface area contributed by atoms with E-state index in [-0.39, 0.29) is 6.61 Å². The molecule has 0 aromatic carbocycles. The number of carbonyl (C=O) groups is 1. The smallest absolute Gasteiger partial charge is 0.222 e. The molecule has 4 heteroatoms. The van der Waals surface area contributed by atoms with Crippen molar-refractivity contribution in [2.24, 2.45) is 5.92 Å². The van der Waals surface area contributed by atoms with Crippen LogP contribution in [-0.2, 0) is 4.79 Å². The van der Waals surface area contributed by atoms with Crippen LogP contribution in [0.15, 0.2) is 0 Å². The predicted molar refractivity (Wildman–Crippen MR) is 71.3 cm³/mol. The number of nitrogens with one attached hydrogen (secondary N) is 1. The Morgan fingerprint density at radius 1 is 1.33 bits per heavy atom. The van der Waals surface area contributed by atoms with Crippen LogP contribution in [0.2, 0.25) is 0 Å². The fourth-order valence-corrected chi connectivity index (χ4v) is 2.88. The van der Waals surface area contributed by atoms with E-state index in [0.717, 1.165) is 38.9 Å². The van der Waals surface area contributed by atoms with Crippen LogP contribution in [0.25, 0.3) is 0 Å². The van der Waals surface area contributed by atoms with Gasteiger partial charge in [-0.3, -0.25) is 4.79 Å². The van der Waals surface area contributed by atoms with E-state index in [2.05, 4.69) is 5.32 Å². The van der Waals surface area contributed by atoms with E-state index in [0.29, 0.717) is 30.7 Å². The number of hydrogen-bond acceptors (Lipinski definition) is 3. The van der Waals surface area contributed by atoms with Gasteiger partial charge in [-0.05, 0) is 57.5 Å². The van der Waals surface area contributed by atoms with Crippen LogP contribution in [0, 0.1) is 5.92 Å². The van der Waals surface area contributed by atoms with E-state index in [1.807, 2.05) is 4.90 Å². The summed E-state index contributed by atoms with van der Waals surface area (Å²) in [5.41, 5.74) is 0. The monoisotopic (exact) mass is 254 g/mol. The lowest BCUT2D eigenvalue weighted by Crippen LogP contribution is -2.45. The third kappa shape index (κ3) is 3.69. The maximum absolute atomic E-state index is 12.3. The fraction of sp³-hybridized carbons (Fsp3) is 0.929. The molecule has 0 radical (unpaired) electrons. The summed E-state index contributed by atoms with van der Waals surface area (Å²) in [6.07, 6.45) is 7.20. The average molecular weight is 254 g/mol. The standard InChI is InChI=1S/C14H26N2O2/c17-10-2-9-16(13-3-1-4-13)14(18)6-5-12-7-8-15-11-12/h12-13,15,17H,1-11H2. The molecule has 1 aliphatic carbocycles. The molecule has 18 heavy (non-hydrogen) atoms. The number of amides is 1. The number of aliphatic hydroxyl groups excluding tert-OH is 1. The fourth-order valence-electron chi connectivity index (χ4n) is 2.88. The Morgan fingerprint density at radius 3 is 2.72 bits per heavy atom. The lowest BCUT2D eigenvalue weighted by atomic mass is 9.90. The minimum absolute atomic E-state index is 0.184. The van der Waals surface area contributed by atoms with E-state index in [9.17, 15) is 4.79 Å². The van der Waals surface area contributed by atoms with E-state index in [4.69, 9.17) is 5.11 Å². The highest BCUT2D eigenvalue weighted by molar-refractivity contribution is 5.76. The van der Waals surface area contributed by atoms with E-state index in [1.165, 1.54) is 12.8 Å². The van der Waals surface area contributed by atoms with Crippen molar-refractivity contribution in [1.82, 2.24) is 10.2 Å². The molecule has 1 heterocycles. The average Bonchev–Trinajstić information content (AvgIpc) is 2.81. The number of carbonyl (C=O) groups excluding carboxylic acids is 1. The minimum Gasteiger partial charge on any atom is -0.396 e. The first-order chi connectivity index (χ1) is 8.81. The third-order valence-corrected chi connectivity index (χ3v) is 4.32. The second kappa shape index (κ2) is 7.10. The molecule has 2 N–H and O–H groups in total. The second-order valence-electron chi connectivity index (χ2n) is 5.65. The van der Waals surface area contributed by atoms with Gasteiger partial charge in [-0.15, -0.1) is 0 Å². The van der Waals surface area contributed by atoms with Crippen molar-refractivity contribution in [1.29, 1.82) is 0 Å². The Morgan fingerprint density at radius 2 is 2.17 bits per heavy atom. The maximum Gasteiger partial charge on any atom is 0.222 e. The SMILES string of the molecule is O=C(CCC1CCNC1)N(CCCO)C1CCC1. The van der Waals surface area contributed by atoms with Crippen LogP contribution in [-0.4, -0.2) is 48.2 Å². The molecule has 2 rings (SSSR count). The summed E-state index contributed by atoms with van der Waals surface area (Å²) < 4.78 is 0. The lowest BCUT2D eigenvalue weighted by molar-refractivity contribution is -0.135. The molecule has 1 unspecified atom stereocenters. The van der Waals surface area contributed by atoms with Crippen LogP contribution in [0.1, 0.15) is 44.9 Å². The van der Waals surface area contributed by atoms with Gasteiger partial charge in [-0.25, -0.2) is 0 Å². The largest absolute Gasteiger partial charge is 0.396 e. The van der Waals surface area contributed by atoms with Crippen molar-refractivity contribution in [3.63, 3.8) is 0 Å². The first-order valence-electron chi connectivity index (χ1n) is 7.42. The molecule has 1 saturated carbocycles. The first-order valence-corrected chi connectivity index (χ1v) is 7.42. The molecule has 1 amide bonds. The quantitative estimate of drug-likeness (QED) is 0.716. The summed E-state index contributed by atoms with van der Waals surface area (Å²) in [5, 5.41) is 12.3. The molecular weight excluding hydrogens is 228 g/mol. The van der Waals surface area contributed by atoms with Crippen LogP contribution >= 0.6 is 0 Å². The summed E-state index contributed by atoms with van der Waals surface area (Å²) in [6, 6.07) is 0.464. The second-order valence-corrected chi connectivity index (χ2v) is 5.65. The topological polar surface area (TPSA) is 52.6 Å². The van der Waals surface area contributed by atoms with Crippen molar-refractivity contribution < 1.29 is 9.90 Å². The third-order valence-electron chi connectivity index (χ3n) is 4.32. The normalized spacial score (nSPS) is 23.9. The van der Waals surface area contributed by atoms with Crippen molar-refractivity contribution in [2.75, 3.05) is 26.2 Å². The highest BCUT2D eigenvalue weighted by atomic mass is 16.3. The Balaban J connectivity index is 1.74. The Hall–Kier alpha value is -0.610. The minimum atomic E-state index is 0.184. The Kier molecular flexibility index (Phi) is 5.45. The lowest BCUT2D eigenvalue weighted by Gasteiger charge is -2.38. The summed E-state index contributed by atoms with van der Waals surface area (Å²) in [4.78, 5) is 14.3. The molecule has 104 valence electrons. The zero-order valence-corrected chi connectivity index (χ0v) is 11.2. The van der Waals surface area contributed by atoms with Gasteiger partial charge in [0.05, 0.1) is 0 Å². The van der Waals surface area contributed by atoms with E-state index in [1.54, 1.807) is 0 Å². The Bertz CT molecular complexity index is 261. The molecule has 2 aliphatic rings. The van der Waals surface area contributed by atoms with Gasteiger partial charge >= 0.3 is 0 Å². The highest BCUT2D eigenvalue weighted by Crippen LogP contribution is 2.26. The van der Waals surface area contributed by atoms with Crippen molar-refractivity contribution in [3.8, 4) is 0 Å². The number of nitrogens with zero attached hydrogens (tertiary/aromatic N) is 1. The van der Waals surface area contributed by atoms with E-state index < -0.39 is 0 Å². The van der Waals surface area contributed by atoms with Crippen molar-refractivity contribution >= 4 is 5.91 Å². The zero-order valence-electron chi connectivity index (χ0n) is 11.2. The maximum atomic E-state index is 12.3. The van der Waals surface area contributed by atoms with Crippen molar-refractivity contribution in [2.45, 2.75) is 51.0 Å². The molecule has 1 atom stereocenters. The molecule has 0 aromatic heterocycles. The first kappa shape index (κ1) is 13.8. The zero-order chi connectivity index (χ0) is 12.8. The van der Waals surface area contributed by atoms with Gasteiger partial charge in [0.25, 0.3) is 0 Å². The van der Waals surface area contributed by atoms with Gasteiger partial charge in [0.15, 0.2) is 0 Å². The molecule has 0 aromatic rings. The summed E-state index contributed by atoms with van der Waals surface area (Å²) in [6.45, 7) is 3.11. The molecule has 1 saturated heterocycles. The molecule has 0 bridgehead atoms. The Labute approximate surface area is 110 Å². The van der Waals surface area contributed by atoms with Gasteiger partial charge in [0.2, 0.25) is 5.91 Å². The highest BCUT2D eigenvalue weighted by Gasteiger charge is 2.28. The van der Waals surface area contributed by atoms with Gasteiger partial charge in [0, 0.05) is 25.6 Å². The van der Waals surface area contributed by atoms with E-state index >= 15 is 0 Å². The number of hydrogen-bond donors (Lipinski definition) is 2. The predicted octanol–water partition coefficient (Wildman–Crippen LogP) is 1.14. The summed E-state index contributed by atoms with van der Waals surface area (Å²) in [7, 11) is 0.